The van der Waals surface area contributed by atoms with Crippen LogP contribution >= 0.6 is 0 Å². The van der Waals surface area contributed by atoms with Crippen LogP contribution in [0.4, 0.5) is 5.69 Å². The molecule has 7 nitrogen and oxygen atoms in total. The second-order valence-corrected chi connectivity index (χ2v) is 5.95. The van der Waals surface area contributed by atoms with E-state index in [0.717, 1.165) is 11.1 Å². The maximum absolute atomic E-state index is 11.4. The van der Waals surface area contributed by atoms with E-state index in [4.69, 9.17) is 13.9 Å². The molecule has 0 unspecified atom stereocenters. The van der Waals surface area contributed by atoms with Crippen LogP contribution in [-0.4, -0.2) is 30.2 Å². The van der Waals surface area contributed by atoms with Crippen molar-refractivity contribution >= 4 is 11.6 Å². The zero-order valence-electron chi connectivity index (χ0n) is 15.5. The van der Waals surface area contributed by atoms with Gasteiger partial charge in [-0.15, -0.1) is 0 Å². The van der Waals surface area contributed by atoms with Gasteiger partial charge in [0, 0.05) is 18.2 Å². The summed E-state index contributed by atoms with van der Waals surface area (Å²) in [5.74, 6) is 1.40. The molecule has 140 valence electrons. The second-order valence-electron chi connectivity index (χ2n) is 5.95. The number of aryl methyl sites for hydroxylation is 1. The van der Waals surface area contributed by atoms with Gasteiger partial charge in [0.2, 0.25) is 17.5 Å². The number of rotatable bonds is 5. The average Bonchev–Trinajstić information content (AvgIpc) is 3.07. The molecule has 0 spiro atoms. The second kappa shape index (κ2) is 7.41. The zero-order valence-corrected chi connectivity index (χ0v) is 15.5. The number of oxazole rings is 1. The normalized spacial score (nSPS) is 10.5. The molecule has 3 rings (SSSR count). The van der Waals surface area contributed by atoms with Gasteiger partial charge in [0.25, 0.3) is 0 Å². The Morgan fingerprint density at radius 2 is 1.78 bits per heavy atom. The van der Waals surface area contributed by atoms with E-state index in [-0.39, 0.29) is 23.2 Å². The number of phenols is 1. The third-order valence-electron chi connectivity index (χ3n) is 3.98. The molecule has 0 aliphatic heterocycles. The van der Waals surface area contributed by atoms with Crippen molar-refractivity contribution in [1.82, 2.24) is 4.98 Å². The van der Waals surface area contributed by atoms with Crippen LogP contribution in [0, 0.1) is 6.92 Å². The minimum Gasteiger partial charge on any atom is -0.502 e. The van der Waals surface area contributed by atoms with E-state index in [1.807, 2.05) is 19.1 Å². The lowest BCUT2D eigenvalue weighted by atomic mass is 9.97. The van der Waals surface area contributed by atoms with Gasteiger partial charge < -0.3 is 24.3 Å². The molecule has 0 fully saturated rings. The lowest BCUT2D eigenvalue weighted by Crippen LogP contribution is -2.05. The van der Waals surface area contributed by atoms with Gasteiger partial charge in [-0.05, 0) is 48.4 Å². The highest BCUT2D eigenvalue weighted by atomic mass is 16.5. The van der Waals surface area contributed by atoms with Crippen molar-refractivity contribution in [1.29, 1.82) is 0 Å². The summed E-state index contributed by atoms with van der Waals surface area (Å²) in [6.07, 6.45) is 1.64. The summed E-state index contributed by atoms with van der Waals surface area (Å²) in [5.41, 5.74) is 2.79. The summed E-state index contributed by atoms with van der Waals surface area (Å²) in [6.45, 7) is 3.26. The number of carbonyl (C=O) groups is 1. The largest absolute Gasteiger partial charge is 0.502 e. The lowest BCUT2D eigenvalue weighted by Gasteiger charge is -2.14. The number of hydrogen-bond donors (Lipinski definition) is 2. The van der Waals surface area contributed by atoms with E-state index >= 15 is 0 Å². The Kier molecular flexibility index (Phi) is 5.03. The fourth-order valence-corrected chi connectivity index (χ4v) is 2.78. The predicted octanol–water partition coefficient (Wildman–Crippen LogP) is 4.00. The predicted molar refractivity (Wildman–Crippen MR) is 101 cm³/mol. The molecular formula is C20H20N2O5. The number of aromatic hydroxyl groups is 1. The number of ether oxygens (including phenoxy) is 2. The summed E-state index contributed by atoms with van der Waals surface area (Å²) in [6, 6.07) is 8.77. The fourth-order valence-electron chi connectivity index (χ4n) is 2.78. The Balaban J connectivity index is 2.24. The molecule has 1 aromatic heterocycles. The molecule has 0 radical (unpaired) electrons. The minimum atomic E-state index is -0.179. The molecule has 0 atom stereocenters. The molecular weight excluding hydrogens is 348 g/mol. The Bertz CT molecular complexity index is 969. The van der Waals surface area contributed by atoms with Gasteiger partial charge >= 0.3 is 0 Å². The van der Waals surface area contributed by atoms with E-state index in [2.05, 4.69) is 10.3 Å². The van der Waals surface area contributed by atoms with Gasteiger partial charge in [-0.2, -0.15) is 0 Å². The van der Waals surface area contributed by atoms with Crippen LogP contribution in [-0.2, 0) is 4.79 Å². The molecule has 7 heteroatoms. The molecule has 0 aliphatic carbocycles. The van der Waals surface area contributed by atoms with Crippen molar-refractivity contribution in [2.45, 2.75) is 13.8 Å². The summed E-state index contributed by atoms with van der Waals surface area (Å²) >= 11 is 0. The van der Waals surface area contributed by atoms with Crippen molar-refractivity contribution in [3.63, 3.8) is 0 Å². The zero-order chi connectivity index (χ0) is 19.6. The van der Waals surface area contributed by atoms with E-state index in [1.165, 1.54) is 21.1 Å². The van der Waals surface area contributed by atoms with Gasteiger partial charge in [-0.1, -0.05) is 0 Å². The highest BCUT2D eigenvalue weighted by Gasteiger charge is 2.18. The van der Waals surface area contributed by atoms with Crippen LogP contribution < -0.4 is 14.8 Å². The molecule has 2 aromatic carbocycles. The molecule has 0 saturated heterocycles. The van der Waals surface area contributed by atoms with E-state index in [0.29, 0.717) is 22.9 Å². The summed E-state index contributed by atoms with van der Waals surface area (Å²) in [5, 5.41) is 13.0. The summed E-state index contributed by atoms with van der Waals surface area (Å²) in [4.78, 5) is 15.7. The Morgan fingerprint density at radius 3 is 2.30 bits per heavy atom. The first-order valence-corrected chi connectivity index (χ1v) is 8.22. The van der Waals surface area contributed by atoms with Gasteiger partial charge in [-0.25, -0.2) is 4.98 Å². The molecule has 27 heavy (non-hydrogen) atoms. The topological polar surface area (TPSA) is 93.8 Å². The molecule has 3 aromatic rings. The SMILES string of the molecule is COc1cc(-c2cc(NC(C)=O)ccc2-c2ncc(C)o2)cc(OC)c1O. The van der Waals surface area contributed by atoms with Crippen LogP contribution in [0.15, 0.2) is 40.9 Å². The van der Waals surface area contributed by atoms with Crippen molar-refractivity contribution < 1.29 is 23.8 Å². The smallest absolute Gasteiger partial charge is 0.226 e. The maximum Gasteiger partial charge on any atom is 0.226 e. The number of hydrogen-bond acceptors (Lipinski definition) is 6. The van der Waals surface area contributed by atoms with Gasteiger partial charge in [-0.3, -0.25) is 4.79 Å². The van der Waals surface area contributed by atoms with Crippen molar-refractivity contribution in [2.75, 3.05) is 19.5 Å². The molecule has 1 heterocycles. The first kappa shape index (κ1) is 18.3. The number of nitrogens with zero attached hydrogens (tertiary/aromatic N) is 1. The van der Waals surface area contributed by atoms with Gasteiger partial charge in [0.05, 0.1) is 20.4 Å². The lowest BCUT2D eigenvalue weighted by molar-refractivity contribution is -0.114. The number of phenolic OH excluding ortho intramolecular Hbond substituents is 1. The molecule has 2 N–H and O–H groups in total. The summed E-state index contributed by atoms with van der Waals surface area (Å²) in [7, 11) is 2.93. The Morgan fingerprint density at radius 1 is 1.11 bits per heavy atom. The van der Waals surface area contributed by atoms with E-state index in [9.17, 15) is 9.90 Å². The number of benzene rings is 2. The van der Waals surface area contributed by atoms with E-state index in [1.54, 1.807) is 24.4 Å². The summed E-state index contributed by atoms with van der Waals surface area (Å²) < 4.78 is 16.2. The number of anilines is 1. The van der Waals surface area contributed by atoms with Crippen molar-refractivity contribution in [3.8, 4) is 39.8 Å². The van der Waals surface area contributed by atoms with E-state index < -0.39 is 0 Å². The molecule has 0 bridgehead atoms. The Hall–Kier alpha value is -3.48. The van der Waals surface area contributed by atoms with Crippen LogP contribution in [0.5, 0.6) is 17.2 Å². The average molecular weight is 368 g/mol. The first-order chi connectivity index (χ1) is 12.9. The van der Waals surface area contributed by atoms with Crippen LogP contribution in [0.1, 0.15) is 12.7 Å². The van der Waals surface area contributed by atoms with Crippen LogP contribution in [0.2, 0.25) is 0 Å². The molecule has 0 saturated carbocycles. The standard InChI is InChI=1S/C20H20N2O5/c1-11-10-21-20(27-11)15-6-5-14(22-12(2)23)9-16(15)13-7-17(25-3)19(24)18(8-13)26-4/h5-10,24H,1-4H3,(H,22,23). The molecule has 1 amide bonds. The monoisotopic (exact) mass is 368 g/mol. The molecule has 0 aliphatic rings. The first-order valence-electron chi connectivity index (χ1n) is 8.22. The third-order valence-corrected chi connectivity index (χ3v) is 3.98. The number of nitrogens with one attached hydrogen (secondary N) is 1. The van der Waals surface area contributed by atoms with Gasteiger partial charge in [0.15, 0.2) is 11.5 Å². The maximum atomic E-state index is 11.4. The third kappa shape index (κ3) is 3.72. The Labute approximate surface area is 156 Å². The number of aromatic nitrogens is 1. The van der Waals surface area contributed by atoms with Crippen molar-refractivity contribution in [2.24, 2.45) is 0 Å². The number of amides is 1. The minimum absolute atomic E-state index is 0.0877. The van der Waals surface area contributed by atoms with Gasteiger partial charge in [0.1, 0.15) is 5.76 Å². The van der Waals surface area contributed by atoms with Crippen molar-refractivity contribution in [3.05, 3.63) is 42.3 Å². The quantitative estimate of drug-likeness (QED) is 0.707. The highest BCUT2D eigenvalue weighted by molar-refractivity contribution is 5.92. The van der Waals surface area contributed by atoms with Crippen LogP contribution in [0.25, 0.3) is 22.6 Å². The highest BCUT2D eigenvalue weighted by Crippen LogP contribution is 2.43. The number of methoxy groups -OCH3 is 2. The number of carbonyl (C=O) groups excluding carboxylic acids is 1. The van der Waals surface area contributed by atoms with Crippen LogP contribution in [0.3, 0.4) is 0 Å². The fraction of sp³-hybridized carbons (Fsp3) is 0.200.